The Morgan fingerprint density at radius 1 is 1.56 bits per heavy atom. The predicted octanol–water partition coefficient (Wildman–Crippen LogP) is 1.66. The second-order valence-corrected chi connectivity index (χ2v) is 2.87. The molecule has 0 amide bonds. The zero-order chi connectivity index (χ0) is 6.69. The average molecular weight is 126 g/mol. The highest BCUT2D eigenvalue weighted by Gasteiger charge is 2.20. The highest BCUT2D eigenvalue weighted by Crippen LogP contribution is 2.13. The van der Waals surface area contributed by atoms with Crippen molar-refractivity contribution in [3.05, 3.63) is 0 Å². The van der Waals surface area contributed by atoms with E-state index < -0.39 is 0 Å². The fourth-order valence-corrected chi connectivity index (χ4v) is 1.52. The molecule has 0 spiro atoms. The molecule has 1 heteroatoms. The van der Waals surface area contributed by atoms with E-state index in [1.807, 2.05) is 0 Å². The van der Waals surface area contributed by atoms with Gasteiger partial charge in [0, 0.05) is 19.3 Å². The summed E-state index contributed by atoms with van der Waals surface area (Å²) in [5.74, 6) is 0. The van der Waals surface area contributed by atoms with E-state index in [0.717, 1.165) is 6.04 Å². The van der Waals surface area contributed by atoms with Crippen LogP contribution in [0.5, 0.6) is 0 Å². The van der Waals surface area contributed by atoms with E-state index in [4.69, 9.17) is 0 Å². The molecule has 1 aliphatic rings. The minimum absolute atomic E-state index is 0.777. The first-order valence-electron chi connectivity index (χ1n) is 3.91. The summed E-state index contributed by atoms with van der Waals surface area (Å²) in [6.45, 7) is 7.43. The van der Waals surface area contributed by atoms with Crippen LogP contribution in [0, 0.1) is 0 Å². The summed E-state index contributed by atoms with van der Waals surface area (Å²) < 4.78 is 2.24. The highest BCUT2D eigenvalue weighted by molar-refractivity contribution is 5.15. The molecule has 0 aromatic heterocycles. The quantitative estimate of drug-likeness (QED) is 0.470. The summed E-state index contributed by atoms with van der Waals surface area (Å²) >= 11 is 0. The van der Waals surface area contributed by atoms with Gasteiger partial charge in [-0.3, -0.25) is 0 Å². The van der Waals surface area contributed by atoms with Crippen LogP contribution in [0.1, 0.15) is 32.6 Å². The largest absolute Gasteiger partial charge is 0.240 e. The molecule has 0 bridgehead atoms. The molecule has 0 radical (unpaired) electrons. The second kappa shape index (κ2) is 3.00. The molecule has 52 valence electrons. The molecule has 0 N–H and O–H groups in total. The van der Waals surface area contributed by atoms with E-state index in [1.54, 1.807) is 0 Å². The van der Waals surface area contributed by atoms with Crippen LogP contribution in [0.4, 0.5) is 0 Å². The number of hydrogen-bond donors (Lipinski definition) is 0. The maximum absolute atomic E-state index is 3.98. The Morgan fingerprint density at radius 3 is 2.78 bits per heavy atom. The summed E-state index contributed by atoms with van der Waals surface area (Å²) in [7, 11) is 0. The van der Waals surface area contributed by atoms with Crippen molar-refractivity contribution in [2.24, 2.45) is 0 Å². The molecule has 1 fully saturated rings. The molecule has 9 heavy (non-hydrogen) atoms. The Morgan fingerprint density at radius 2 is 2.33 bits per heavy atom. The molecular weight excluding hydrogens is 110 g/mol. The molecule has 0 aromatic rings. The zero-order valence-electron chi connectivity index (χ0n) is 6.27. The van der Waals surface area contributed by atoms with Crippen LogP contribution < -0.4 is 0 Å². The molecule has 0 aliphatic carbocycles. The molecule has 1 nitrogen and oxygen atoms in total. The van der Waals surface area contributed by atoms with Crippen LogP contribution in [0.3, 0.4) is 0 Å². The van der Waals surface area contributed by atoms with Crippen molar-refractivity contribution in [3.63, 3.8) is 0 Å². The lowest BCUT2D eigenvalue weighted by molar-refractivity contribution is -0.569. The monoisotopic (exact) mass is 126 g/mol. The Bertz CT molecular complexity index is 107. The Balaban J connectivity index is 2.39. The summed E-state index contributed by atoms with van der Waals surface area (Å²) in [5.41, 5.74) is 0. The number of piperidine rings is 1. The average Bonchev–Trinajstić information content (AvgIpc) is 1.89. The van der Waals surface area contributed by atoms with Crippen LogP contribution >= 0.6 is 0 Å². The third-order valence-corrected chi connectivity index (χ3v) is 2.22. The van der Waals surface area contributed by atoms with Gasteiger partial charge in [0.15, 0.2) is 6.04 Å². The van der Waals surface area contributed by atoms with Gasteiger partial charge in [-0.2, -0.15) is 0 Å². The van der Waals surface area contributed by atoms with Crippen LogP contribution in [0.15, 0.2) is 0 Å². The summed E-state index contributed by atoms with van der Waals surface area (Å²) in [6, 6.07) is 0.777. The maximum atomic E-state index is 3.98. The lowest BCUT2D eigenvalue weighted by Crippen LogP contribution is -2.29. The number of nitrogens with zero attached hydrogens (tertiary/aromatic N) is 1. The van der Waals surface area contributed by atoms with Gasteiger partial charge in [-0.05, 0) is 6.42 Å². The van der Waals surface area contributed by atoms with Gasteiger partial charge in [0.05, 0.1) is 0 Å². The fraction of sp³-hybridized carbons (Fsp3) is 0.875. The normalized spacial score (nSPS) is 28.6. The molecule has 1 unspecified atom stereocenters. The van der Waals surface area contributed by atoms with E-state index in [0.29, 0.717) is 0 Å². The van der Waals surface area contributed by atoms with Crippen molar-refractivity contribution in [1.82, 2.24) is 0 Å². The first kappa shape index (κ1) is 6.79. The summed E-state index contributed by atoms with van der Waals surface area (Å²) in [4.78, 5) is 0. The third kappa shape index (κ3) is 1.54. The lowest BCUT2D eigenvalue weighted by Gasteiger charge is -2.17. The summed E-state index contributed by atoms with van der Waals surface area (Å²) in [6.07, 6.45) is 5.38. The van der Waals surface area contributed by atoms with Crippen molar-refractivity contribution in [3.8, 4) is 0 Å². The fourth-order valence-electron chi connectivity index (χ4n) is 1.52. The molecule has 0 aromatic carbocycles. The van der Waals surface area contributed by atoms with Crippen molar-refractivity contribution < 1.29 is 4.58 Å². The van der Waals surface area contributed by atoms with Crippen molar-refractivity contribution in [2.75, 3.05) is 6.54 Å². The van der Waals surface area contributed by atoms with Gasteiger partial charge in [-0.25, -0.2) is 4.58 Å². The van der Waals surface area contributed by atoms with Crippen molar-refractivity contribution >= 4 is 6.72 Å². The second-order valence-electron chi connectivity index (χ2n) is 2.87. The molecule has 1 rings (SSSR count). The minimum atomic E-state index is 0.777. The van der Waals surface area contributed by atoms with Gasteiger partial charge in [-0.15, -0.1) is 0 Å². The van der Waals surface area contributed by atoms with Gasteiger partial charge in [0.1, 0.15) is 13.3 Å². The van der Waals surface area contributed by atoms with Crippen molar-refractivity contribution in [2.45, 2.75) is 38.6 Å². The van der Waals surface area contributed by atoms with Crippen molar-refractivity contribution in [1.29, 1.82) is 0 Å². The SMILES string of the molecule is C=[N+]1CCCCC1CC. The van der Waals surface area contributed by atoms with Crippen LogP contribution in [-0.2, 0) is 0 Å². The van der Waals surface area contributed by atoms with E-state index in [9.17, 15) is 0 Å². The molecule has 0 saturated carbocycles. The van der Waals surface area contributed by atoms with Crippen LogP contribution in [0.2, 0.25) is 0 Å². The van der Waals surface area contributed by atoms with Gasteiger partial charge in [0.2, 0.25) is 0 Å². The van der Waals surface area contributed by atoms with E-state index in [-0.39, 0.29) is 0 Å². The lowest BCUT2D eigenvalue weighted by atomic mass is 10.0. The molecular formula is C8H16N+. The number of hydrogen-bond acceptors (Lipinski definition) is 0. The minimum Gasteiger partial charge on any atom is -0.240 e. The Hall–Kier alpha value is -0.330. The summed E-state index contributed by atoms with van der Waals surface area (Å²) in [5, 5.41) is 0. The smallest absolute Gasteiger partial charge is 0.151 e. The first-order chi connectivity index (χ1) is 4.34. The molecule has 1 atom stereocenters. The Kier molecular flexibility index (Phi) is 2.26. The van der Waals surface area contributed by atoms with Gasteiger partial charge in [-0.1, -0.05) is 6.92 Å². The Labute approximate surface area is 57.4 Å². The van der Waals surface area contributed by atoms with Gasteiger partial charge < -0.3 is 0 Å². The van der Waals surface area contributed by atoms with E-state index in [1.165, 1.54) is 32.2 Å². The molecule has 1 saturated heterocycles. The molecule has 1 heterocycles. The van der Waals surface area contributed by atoms with Crippen LogP contribution in [0.25, 0.3) is 0 Å². The first-order valence-corrected chi connectivity index (χ1v) is 3.91. The number of rotatable bonds is 1. The van der Waals surface area contributed by atoms with E-state index in [2.05, 4.69) is 18.2 Å². The van der Waals surface area contributed by atoms with Gasteiger partial charge in [0.25, 0.3) is 0 Å². The van der Waals surface area contributed by atoms with Gasteiger partial charge >= 0.3 is 0 Å². The topological polar surface area (TPSA) is 3.01 Å². The maximum Gasteiger partial charge on any atom is 0.151 e. The standard InChI is InChI=1S/C8H16N/c1-3-8-6-4-5-7-9(8)2/h8H,2-7H2,1H3/q+1. The zero-order valence-corrected chi connectivity index (χ0v) is 6.27. The third-order valence-electron chi connectivity index (χ3n) is 2.22. The van der Waals surface area contributed by atoms with Crippen LogP contribution in [-0.4, -0.2) is 23.9 Å². The highest BCUT2D eigenvalue weighted by atomic mass is 15.0. The van der Waals surface area contributed by atoms with E-state index >= 15 is 0 Å². The predicted molar refractivity (Wildman–Crippen MR) is 40.2 cm³/mol. The molecule has 1 aliphatic heterocycles.